The van der Waals surface area contributed by atoms with Gasteiger partial charge in [-0.05, 0) is 56.2 Å². The van der Waals surface area contributed by atoms with Crippen molar-refractivity contribution < 1.29 is 39.5 Å². The molecule has 2 fully saturated rings. The highest BCUT2D eigenvalue weighted by molar-refractivity contribution is 6.30. The minimum absolute atomic E-state index is 0.0430. The first-order valence-corrected chi connectivity index (χ1v) is 16.2. The minimum atomic E-state index is -0.871. The Kier molecular flexibility index (Phi) is 16.6. The van der Waals surface area contributed by atoms with Crippen LogP contribution in [-0.2, 0) is 14.4 Å². The van der Waals surface area contributed by atoms with Crippen molar-refractivity contribution in [3.05, 3.63) is 63.7 Å². The summed E-state index contributed by atoms with van der Waals surface area (Å²) in [6, 6.07) is 6.92. The van der Waals surface area contributed by atoms with Crippen LogP contribution in [0.1, 0.15) is 44.9 Å². The molecule has 0 amide bonds. The molecule has 0 spiro atoms. The molecule has 1 aromatic carbocycles. The molecule has 3 N–H and O–H groups in total. The SMILES string of the molecule is O=C(CCC/C=C\C[C@@H]1[C@@H](/C=C/[C@@H](O)COc2cccc(Cl)c2)[C@H](O)C[C@@H]1O)OCCCN1CCN(CCCO[N+](=O)[O-])CC1. The van der Waals surface area contributed by atoms with Gasteiger partial charge in [0.2, 0.25) is 0 Å². The van der Waals surface area contributed by atoms with Gasteiger partial charge in [-0.15, -0.1) is 10.1 Å². The van der Waals surface area contributed by atoms with Crippen LogP contribution in [0.3, 0.4) is 0 Å². The monoisotopic (exact) mass is 653 g/mol. The Labute approximate surface area is 270 Å². The van der Waals surface area contributed by atoms with Crippen LogP contribution in [0, 0.1) is 22.0 Å². The van der Waals surface area contributed by atoms with Crippen LogP contribution in [0.25, 0.3) is 0 Å². The van der Waals surface area contributed by atoms with Crippen LogP contribution in [0.5, 0.6) is 5.75 Å². The van der Waals surface area contributed by atoms with E-state index < -0.39 is 23.4 Å². The maximum absolute atomic E-state index is 12.1. The van der Waals surface area contributed by atoms with Gasteiger partial charge in [-0.1, -0.05) is 42.0 Å². The molecule has 45 heavy (non-hydrogen) atoms. The number of rotatable bonds is 20. The second-order valence-electron chi connectivity index (χ2n) is 11.6. The van der Waals surface area contributed by atoms with E-state index in [9.17, 15) is 30.2 Å². The zero-order valence-corrected chi connectivity index (χ0v) is 26.6. The van der Waals surface area contributed by atoms with E-state index in [0.717, 1.165) is 45.7 Å². The fourth-order valence-electron chi connectivity index (χ4n) is 5.70. The summed E-state index contributed by atoms with van der Waals surface area (Å²) < 4.78 is 11.0. The van der Waals surface area contributed by atoms with E-state index in [1.54, 1.807) is 36.4 Å². The third-order valence-electron chi connectivity index (χ3n) is 8.18. The predicted octanol–water partition coefficient (Wildman–Crippen LogP) is 3.26. The Balaban J connectivity index is 1.23. The van der Waals surface area contributed by atoms with Gasteiger partial charge in [0.25, 0.3) is 5.09 Å². The molecule has 1 saturated carbocycles. The summed E-state index contributed by atoms with van der Waals surface area (Å²) in [5.41, 5.74) is 0. The molecule has 12 nitrogen and oxygen atoms in total. The van der Waals surface area contributed by atoms with Gasteiger partial charge in [-0.25, -0.2) is 0 Å². The molecule has 0 aromatic heterocycles. The Bertz CT molecular complexity index is 1080. The summed E-state index contributed by atoms with van der Waals surface area (Å²) in [4.78, 5) is 31.3. The number of unbranched alkanes of at least 4 members (excludes halogenated alkanes) is 1. The van der Waals surface area contributed by atoms with Crippen LogP contribution >= 0.6 is 11.6 Å². The first kappa shape index (κ1) is 36.7. The van der Waals surface area contributed by atoms with E-state index in [2.05, 4.69) is 14.6 Å². The Morgan fingerprint density at radius 3 is 2.47 bits per heavy atom. The smallest absolute Gasteiger partial charge is 0.305 e. The molecule has 3 rings (SSSR count). The number of ether oxygens (including phenoxy) is 2. The first-order valence-electron chi connectivity index (χ1n) is 15.8. The average Bonchev–Trinajstić information content (AvgIpc) is 3.28. The Morgan fingerprint density at radius 1 is 1.07 bits per heavy atom. The van der Waals surface area contributed by atoms with Gasteiger partial charge in [0, 0.05) is 63.1 Å². The average molecular weight is 654 g/mol. The molecule has 13 heteroatoms. The van der Waals surface area contributed by atoms with Gasteiger partial charge in [-0.2, -0.15) is 0 Å². The maximum Gasteiger partial charge on any atom is 0.305 e. The van der Waals surface area contributed by atoms with Crippen LogP contribution in [0.15, 0.2) is 48.6 Å². The van der Waals surface area contributed by atoms with Crippen LogP contribution in [-0.4, -0.2) is 114 Å². The molecule has 1 aliphatic heterocycles. The molecule has 252 valence electrons. The van der Waals surface area contributed by atoms with Crippen molar-refractivity contribution in [2.24, 2.45) is 11.8 Å². The van der Waals surface area contributed by atoms with E-state index in [0.29, 0.717) is 49.5 Å². The van der Waals surface area contributed by atoms with Crippen molar-refractivity contribution in [1.29, 1.82) is 0 Å². The molecule has 0 radical (unpaired) electrons. The number of carbonyl (C=O) groups excluding carboxylic acids is 1. The van der Waals surface area contributed by atoms with E-state index in [-0.39, 0.29) is 37.4 Å². The fourth-order valence-corrected chi connectivity index (χ4v) is 5.88. The maximum atomic E-state index is 12.1. The molecule has 0 bridgehead atoms. The second kappa shape index (κ2) is 20.4. The van der Waals surface area contributed by atoms with E-state index in [4.69, 9.17) is 21.1 Å². The molecule has 1 aromatic rings. The molecular weight excluding hydrogens is 606 g/mol. The van der Waals surface area contributed by atoms with Crippen molar-refractivity contribution in [2.45, 2.75) is 63.3 Å². The van der Waals surface area contributed by atoms with E-state index in [1.807, 2.05) is 12.2 Å². The summed E-state index contributed by atoms with van der Waals surface area (Å²) >= 11 is 5.95. The lowest BCUT2D eigenvalue weighted by atomic mass is 9.89. The Hall–Kier alpha value is -2.74. The molecule has 1 heterocycles. The van der Waals surface area contributed by atoms with Gasteiger partial charge in [0.05, 0.1) is 25.4 Å². The number of aliphatic hydroxyl groups is 3. The highest BCUT2D eigenvalue weighted by atomic mass is 35.5. The number of hydrogen-bond donors (Lipinski definition) is 3. The lowest BCUT2D eigenvalue weighted by molar-refractivity contribution is -0.757. The van der Waals surface area contributed by atoms with Crippen LogP contribution in [0.2, 0.25) is 5.02 Å². The summed E-state index contributed by atoms with van der Waals surface area (Å²) in [6.07, 6.45) is 9.14. The van der Waals surface area contributed by atoms with Crippen molar-refractivity contribution in [2.75, 3.05) is 59.1 Å². The number of halogens is 1. The zero-order valence-electron chi connectivity index (χ0n) is 25.8. The van der Waals surface area contributed by atoms with Crippen molar-refractivity contribution in [3.63, 3.8) is 0 Å². The lowest BCUT2D eigenvalue weighted by Crippen LogP contribution is -2.47. The molecular formula is C32H48ClN3O9. The number of carbonyl (C=O) groups is 1. The standard InChI is InChI=1S/C32H48ClN3O9/c33-25-8-5-9-27(22-25)44-24-26(37)12-13-29-28(30(38)23-31(29)39)10-3-1-2-4-11-32(40)43-20-6-14-34-16-18-35(19-17-34)15-7-21-45-36(41)42/h1,3,5,8-9,12-13,22,26,28-31,37-39H,2,4,6-7,10-11,14-21,23-24H2/b3-1-,13-12+/t26-,28-,29-,30+,31-/m1/s1. The van der Waals surface area contributed by atoms with E-state index in [1.165, 1.54) is 0 Å². The second-order valence-corrected chi connectivity index (χ2v) is 12.0. The molecule has 1 aliphatic carbocycles. The fraction of sp³-hybridized carbons (Fsp3) is 0.656. The number of aliphatic hydroxyl groups excluding tert-OH is 3. The summed E-state index contributed by atoms with van der Waals surface area (Å²) in [7, 11) is 0. The van der Waals surface area contributed by atoms with Crippen molar-refractivity contribution in [3.8, 4) is 5.75 Å². The Morgan fingerprint density at radius 2 is 1.78 bits per heavy atom. The quantitative estimate of drug-likeness (QED) is 0.0624. The number of nitrogens with zero attached hydrogens (tertiary/aromatic N) is 3. The zero-order chi connectivity index (χ0) is 32.4. The molecule has 0 unspecified atom stereocenters. The third-order valence-corrected chi connectivity index (χ3v) is 8.41. The van der Waals surface area contributed by atoms with Gasteiger partial charge in [0.15, 0.2) is 0 Å². The number of allylic oxidation sites excluding steroid dienone is 2. The molecule has 5 atom stereocenters. The number of hydrogen-bond acceptors (Lipinski definition) is 11. The first-order chi connectivity index (χ1) is 21.7. The number of esters is 1. The number of benzene rings is 1. The van der Waals surface area contributed by atoms with Gasteiger partial charge in [-0.3, -0.25) is 4.79 Å². The molecule has 2 aliphatic rings. The number of piperazine rings is 1. The lowest BCUT2D eigenvalue weighted by Gasteiger charge is -2.34. The summed E-state index contributed by atoms with van der Waals surface area (Å²) in [5.74, 6) is -0.102. The highest BCUT2D eigenvalue weighted by Gasteiger charge is 2.39. The van der Waals surface area contributed by atoms with Crippen molar-refractivity contribution in [1.82, 2.24) is 9.80 Å². The predicted molar refractivity (Wildman–Crippen MR) is 169 cm³/mol. The summed E-state index contributed by atoms with van der Waals surface area (Å²) in [6.45, 7) is 5.87. The van der Waals surface area contributed by atoms with Crippen molar-refractivity contribution >= 4 is 17.6 Å². The molecule has 1 saturated heterocycles. The highest BCUT2D eigenvalue weighted by Crippen LogP contribution is 2.36. The van der Waals surface area contributed by atoms with Crippen LogP contribution in [0.4, 0.5) is 0 Å². The largest absolute Gasteiger partial charge is 0.491 e. The summed E-state index contributed by atoms with van der Waals surface area (Å²) in [5, 5.41) is 41.3. The van der Waals surface area contributed by atoms with Gasteiger partial charge >= 0.3 is 5.97 Å². The third kappa shape index (κ3) is 14.5. The van der Waals surface area contributed by atoms with Gasteiger partial charge < -0.3 is 39.4 Å². The van der Waals surface area contributed by atoms with E-state index >= 15 is 0 Å². The normalized spacial score (nSPS) is 23.5. The topological polar surface area (TPSA) is 155 Å². The van der Waals surface area contributed by atoms with Crippen LogP contribution < -0.4 is 4.74 Å². The minimum Gasteiger partial charge on any atom is -0.491 e. The van der Waals surface area contributed by atoms with Gasteiger partial charge in [0.1, 0.15) is 18.5 Å².